The van der Waals surface area contributed by atoms with Gasteiger partial charge >= 0.3 is 0 Å². The predicted molar refractivity (Wildman–Crippen MR) is 141 cm³/mol. The lowest BCUT2D eigenvalue weighted by molar-refractivity contribution is 0.0350. The summed E-state index contributed by atoms with van der Waals surface area (Å²) in [6, 6.07) is 0. The first-order chi connectivity index (χ1) is 15.0. The van der Waals surface area contributed by atoms with Gasteiger partial charge in [0, 0.05) is 29.9 Å². The van der Waals surface area contributed by atoms with E-state index in [2.05, 4.69) is 16.1 Å². The number of hydrazine groups is 1. The molecule has 2 atom stereocenters. The molecule has 0 aliphatic carbocycles. The monoisotopic (exact) mass is 790 g/mol. The minimum Gasteiger partial charge on any atom is -0.394 e. The number of Topliss-reactive ketones (excluding diaryl/α,β-unsaturated/α-hetero) is 1. The van der Waals surface area contributed by atoms with Crippen molar-refractivity contribution in [1.82, 2.24) is 21.1 Å². The number of nitrogens with one attached hydrogen (secondary N) is 3. The van der Waals surface area contributed by atoms with Crippen LogP contribution in [0.15, 0.2) is 0 Å². The van der Waals surface area contributed by atoms with Crippen LogP contribution in [0.4, 0.5) is 0 Å². The molecule has 180 valence electrons. The molecule has 14 heteroatoms. The average molecular weight is 790 g/mol. The number of ketones is 1. The number of hydrogen-bond acceptors (Lipinski definition) is 9. The Labute approximate surface area is 226 Å². The van der Waals surface area contributed by atoms with Crippen molar-refractivity contribution >= 4 is 85.4 Å². The van der Waals surface area contributed by atoms with Crippen molar-refractivity contribution in [1.29, 1.82) is 0 Å². The fourth-order valence-corrected chi connectivity index (χ4v) is 7.31. The molecule has 0 aliphatic heterocycles. The first kappa shape index (κ1) is 29.8. The number of aliphatic hydroxyl groups is 4. The smallest absolute Gasteiger partial charge is 0.270 e. The van der Waals surface area contributed by atoms with Crippen molar-refractivity contribution in [3.05, 3.63) is 27.4 Å². The highest BCUT2D eigenvalue weighted by Gasteiger charge is 2.32. The Morgan fingerprint density at radius 1 is 0.906 bits per heavy atom. The topological polar surface area (TPSA) is 171 Å². The number of carbonyl (C=O) groups excluding carboxylic acids is 3. The molecule has 7 N–H and O–H groups in total. The highest BCUT2D eigenvalue weighted by Crippen LogP contribution is 2.33. The van der Waals surface area contributed by atoms with Gasteiger partial charge in [0.1, 0.15) is 0 Å². The standard InChI is InChI=1S/C18H25I3N4O7/c1-22-4-10(30)11-14(19)12(17(31)24-3-8(28)6-26)16(21)13(15(11)20)18(32)25(23-2)5-9(29)7-27/h8-9,22-23,26-29H,3-7H2,1-2H3,(H,24,31). The molecule has 2 unspecified atom stereocenters. The van der Waals surface area contributed by atoms with Crippen LogP contribution < -0.4 is 16.1 Å². The number of likely N-dealkylation sites (N-methyl/N-ethyl adjacent to an activating group) is 1. The third-order valence-corrected chi connectivity index (χ3v) is 7.44. The van der Waals surface area contributed by atoms with E-state index in [0.717, 1.165) is 5.01 Å². The minimum atomic E-state index is -1.20. The zero-order valence-corrected chi connectivity index (χ0v) is 23.8. The quantitative estimate of drug-likeness (QED) is 0.0791. The number of rotatable bonds is 12. The van der Waals surface area contributed by atoms with E-state index in [1.807, 2.05) is 67.8 Å². The lowest BCUT2D eigenvalue weighted by Gasteiger charge is -2.26. The van der Waals surface area contributed by atoms with Crippen LogP contribution in [0.2, 0.25) is 0 Å². The molecule has 11 nitrogen and oxygen atoms in total. The fourth-order valence-electron chi connectivity index (χ4n) is 2.59. The van der Waals surface area contributed by atoms with Crippen LogP contribution in [0.3, 0.4) is 0 Å². The third kappa shape index (κ3) is 7.39. The predicted octanol–water partition coefficient (Wildman–Crippen LogP) is -1.08. The highest BCUT2D eigenvalue weighted by atomic mass is 127. The first-order valence-corrected chi connectivity index (χ1v) is 12.5. The molecule has 0 radical (unpaired) electrons. The summed E-state index contributed by atoms with van der Waals surface area (Å²) in [6.45, 7) is -1.57. The van der Waals surface area contributed by atoms with E-state index in [-0.39, 0.29) is 45.7 Å². The summed E-state index contributed by atoms with van der Waals surface area (Å²) in [5.74, 6) is -1.56. The zero-order valence-electron chi connectivity index (χ0n) is 17.3. The molecule has 0 fully saturated rings. The second-order valence-electron chi connectivity index (χ2n) is 6.54. The van der Waals surface area contributed by atoms with Gasteiger partial charge in [-0.3, -0.25) is 19.4 Å². The van der Waals surface area contributed by atoms with Crippen molar-refractivity contribution in [3.8, 4) is 0 Å². The Balaban J connectivity index is 3.67. The van der Waals surface area contributed by atoms with Crippen LogP contribution >= 0.6 is 67.8 Å². The van der Waals surface area contributed by atoms with Gasteiger partial charge in [-0.05, 0) is 74.8 Å². The van der Waals surface area contributed by atoms with Gasteiger partial charge < -0.3 is 31.1 Å². The van der Waals surface area contributed by atoms with E-state index >= 15 is 0 Å². The summed E-state index contributed by atoms with van der Waals surface area (Å²) < 4.78 is 0.958. The molecule has 0 spiro atoms. The molecule has 2 amide bonds. The Morgan fingerprint density at radius 3 is 1.94 bits per heavy atom. The fraction of sp³-hybridized carbons (Fsp3) is 0.500. The summed E-state index contributed by atoms with van der Waals surface area (Å²) >= 11 is 5.61. The van der Waals surface area contributed by atoms with Crippen molar-refractivity contribution in [2.24, 2.45) is 0 Å². The number of amides is 2. The van der Waals surface area contributed by atoms with Gasteiger partial charge in [0.2, 0.25) is 0 Å². The van der Waals surface area contributed by atoms with E-state index < -0.39 is 37.2 Å². The van der Waals surface area contributed by atoms with Gasteiger partial charge in [0.25, 0.3) is 11.8 Å². The normalized spacial score (nSPS) is 12.9. The van der Waals surface area contributed by atoms with E-state index in [1.54, 1.807) is 7.05 Å². The molecular weight excluding hydrogens is 765 g/mol. The van der Waals surface area contributed by atoms with Gasteiger partial charge in [-0.25, -0.2) is 5.43 Å². The molecule has 0 saturated heterocycles. The summed E-state index contributed by atoms with van der Waals surface area (Å²) in [5, 5.41) is 43.8. The van der Waals surface area contributed by atoms with E-state index in [4.69, 9.17) is 10.2 Å². The molecule has 0 heterocycles. The van der Waals surface area contributed by atoms with Gasteiger partial charge in [0.15, 0.2) is 5.78 Å². The molecule has 0 aromatic heterocycles. The lowest BCUT2D eigenvalue weighted by Crippen LogP contribution is -2.46. The van der Waals surface area contributed by atoms with Gasteiger partial charge in [-0.1, -0.05) is 0 Å². The lowest BCUT2D eigenvalue weighted by atomic mass is 10.0. The van der Waals surface area contributed by atoms with Crippen LogP contribution in [-0.2, 0) is 0 Å². The van der Waals surface area contributed by atoms with E-state index in [0.29, 0.717) is 7.14 Å². The van der Waals surface area contributed by atoms with Gasteiger partial charge in [-0.2, -0.15) is 0 Å². The second-order valence-corrected chi connectivity index (χ2v) is 9.78. The largest absolute Gasteiger partial charge is 0.394 e. The Morgan fingerprint density at radius 2 is 1.44 bits per heavy atom. The summed E-state index contributed by atoms with van der Waals surface area (Å²) in [7, 11) is 3.06. The van der Waals surface area contributed by atoms with Crippen molar-refractivity contribution in [3.63, 3.8) is 0 Å². The SMILES string of the molecule is CNCC(=O)c1c(I)c(C(=O)NCC(O)CO)c(I)c(C(=O)N(CC(O)CO)NC)c1I. The molecule has 0 saturated carbocycles. The highest BCUT2D eigenvalue weighted by molar-refractivity contribution is 14.1. The maximum absolute atomic E-state index is 13.3. The number of nitrogens with zero attached hydrogens (tertiary/aromatic N) is 1. The van der Waals surface area contributed by atoms with E-state index in [9.17, 15) is 24.6 Å². The Bertz CT molecular complexity index is 857. The summed E-state index contributed by atoms with van der Waals surface area (Å²) in [6.07, 6.45) is -2.36. The second kappa shape index (κ2) is 14.2. The van der Waals surface area contributed by atoms with E-state index in [1.165, 1.54) is 7.05 Å². The molecule has 1 aromatic carbocycles. The Kier molecular flexibility index (Phi) is 13.3. The van der Waals surface area contributed by atoms with Crippen LogP contribution in [0, 0.1) is 10.7 Å². The average Bonchev–Trinajstić information content (AvgIpc) is 2.75. The molecule has 1 aromatic rings. The van der Waals surface area contributed by atoms with Crippen molar-refractivity contribution < 1.29 is 34.8 Å². The molecule has 1 rings (SSSR count). The van der Waals surface area contributed by atoms with Gasteiger partial charge in [0.05, 0.1) is 49.6 Å². The molecular formula is C18H25I3N4O7. The van der Waals surface area contributed by atoms with Crippen molar-refractivity contribution in [2.75, 3.05) is 46.9 Å². The van der Waals surface area contributed by atoms with Crippen LogP contribution in [0.25, 0.3) is 0 Å². The molecule has 0 bridgehead atoms. The van der Waals surface area contributed by atoms with Crippen LogP contribution in [-0.4, -0.2) is 102 Å². The third-order valence-electron chi connectivity index (χ3n) is 4.20. The number of halogens is 3. The number of hydrogen-bond donors (Lipinski definition) is 7. The number of carbonyl (C=O) groups is 3. The molecule has 32 heavy (non-hydrogen) atoms. The van der Waals surface area contributed by atoms with Crippen LogP contribution in [0.1, 0.15) is 31.1 Å². The summed E-state index contributed by atoms with van der Waals surface area (Å²) in [5.41, 5.74) is 3.00. The minimum absolute atomic E-state index is 0.0243. The maximum Gasteiger partial charge on any atom is 0.270 e. The zero-order chi connectivity index (χ0) is 24.6. The van der Waals surface area contributed by atoms with Crippen LogP contribution in [0.5, 0.6) is 0 Å². The summed E-state index contributed by atoms with van der Waals surface area (Å²) in [4.78, 5) is 39.1. The van der Waals surface area contributed by atoms with Gasteiger partial charge in [-0.15, -0.1) is 0 Å². The number of benzene rings is 1. The Hall–Kier alpha value is -0.220. The molecule has 0 aliphatic rings. The first-order valence-electron chi connectivity index (χ1n) is 9.29. The number of aliphatic hydroxyl groups excluding tert-OH is 4. The van der Waals surface area contributed by atoms with Crippen molar-refractivity contribution in [2.45, 2.75) is 12.2 Å². The maximum atomic E-state index is 13.3.